The average molecular weight is 312 g/mol. The van der Waals surface area contributed by atoms with Crippen LogP contribution in [0, 0.1) is 5.92 Å². The van der Waals surface area contributed by atoms with Gasteiger partial charge < -0.3 is 10.5 Å². The highest BCUT2D eigenvalue weighted by atomic mass is 79.9. The fraction of sp³-hybridized carbons (Fsp3) is 0.600. The zero-order chi connectivity index (χ0) is 13.0. The third kappa shape index (κ3) is 3.72. The van der Waals surface area contributed by atoms with Crippen LogP contribution in [0.1, 0.15) is 44.1 Å². The molecule has 0 heterocycles. The van der Waals surface area contributed by atoms with Crippen molar-refractivity contribution in [3.05, 3.63) is 28.2 Å². The first-order valence-electron chi connectivity index (χ1n) is 6.82. The van der Waals surface area contributed by atoms with E-state index in [2.05, 4.69) is 41.1 Å². The zero-order valence-electron chi connectivity index (χ0n) is 11.0. The third-order valence-electron chi connectivity index (χ3n) is 3.77. The Kier molecular flexibility index (Phi) is 5.07. The van der Waals surface area contributed by atoms with Crippen LogP contribution in [0.25, 0.3) is 0 Å². The van der Waals surface area contributed by atoms with E-state index in [9.17, 15) is 0 Å². The van der Waals surface area contributed by atoms with Crippen molar-refractivity contribution in [2.45, 2.75) is 38.5 Å². The lowest BCUT2D eigenvalue weighted by Crippen LogP contribution is -2.19. The molecular weight excluding hydrogens is 290 g/mol. The Morgan fingerprint density at radius 2 is 2.17 bits per heavy atom. The second kappa shape index (κ2) is 6.58. The quantitative estimate of drug-likeness (QED) is 0.859. The summed E-state index contributed by atoms with van der Waals surface area (Å²) >= 11 is 3.56. The summed E-state index contributed by atoms with van der Waals surface area (Å²) in [4.78, 5) is 0. The molecule has 1 fully saturated rings. The van der Waals surface area contributed by atoms with Crippen molar-refractivity contribution in [2.24, 2.45) is 11.7 Å². The normalized spacial score (nSPS) is 17.3. The van der Waals surface area contributed by atoms with Crippen LogP contribution in [0.4, 0.5) is 0 Å². The van der Waals surface area contributed by atoms with Crippen molar-refractivity contribution in [3.63, 3.8) is 0 Å². The smallest absolute Gasteiger partial charge is 0.120 e. The summed E-state index contributed by atoms with van der Waals surface area (Å²) < 4.78 is 6.99. The summed E-state index contributed by atoms with van der Waals surface area (Å²) in [7, 11) is 0. The van der Waals surface area contributed by atoms with E-state index in [4.69, 9.17) is 10.5 Å². The summed E-state index contributed by atoms with van der Waals surface area (Å²) in [6.07, 6.45) is 5.03. The van der Waals surface area contributed by atoms with Gasteiger partial charge in [0.15, 0.2) is 0 Å². The minimum atomic E-state index is 0.485. The van der Waals surface area contributed by atoms with Crippen molar-refractivity contribution in [1.29, 1.82) is 0 Å². The van der Waals surface area contributed by atoms with Crippen LogP contribution >= 0.6 is 15.9 Å². The van der Waals surface area contributed by atoms with Gasteiger partial charge in [0.1, 0.15) is 5.75 Å². The van der Waals surface area contributed by atoms with Gasteiger partial charge in [-0.25, -0.2) is 0 Å². The number of benzene rings is 1. The van der Waals surface area contributed by atoms with Crippen LogP contribution in [-0.4, -0.2) is 13.2 Å². The molecule has 0 aliphatic heterocycles. The molecule has 0 radical (unpaired) electrons. The maximum atomic E-state index is 5.90. The molecule has 1 aliphatic rings. The van der Waals surface area contributed by atoms with Crippen LogP contribution in [0.15, 0.2) is 22.7 Å². The molecule has 0 spiro atoms. The summed E-state index contributed by atoms with van der Waals surface area (Å²) in [6, 6.07) is 6.37. The maximum Gasteiger partial charge on any atom is 0.120 e. The van der Waals surface area contributed by atoms with Gasteiger partial charge in [0.2, 0.25) is 0 Å². The molecule has 0 amide bonds. The molecule has 100 valence electrons. The van der Waals surface area contributed by atoms with Gasteiger partial charge in [-0.15, -0.1) is 0 Å². The molecule has 1 aliphatic carbocycles. The molecule has 1 unspecified atom stereocenters. The highest BCUT2D eigenvalue weighted by Gasteiger charge is 2.18. The van der Waals surface area contributed by atoms with Crippen LogP contribution in [0.3, 0.4) is 0 Å². The molecule has 1 atom stereocenters. The van der Waals surface area contributed by atoms with E-state index in [1.807, 2.05) is 0 Å². The SMILES string of the molecule is CC(CCN)c1cc(Br)cc(OCC2CCC2)c1. The van der Waals surface area contributed by atoms with E-state index >= 15 is 0 Å². The summed E-state index contributed by atoms with van der Waals surface area (Å²) in [5, 5.41) is 0. The van der Waals surface area contributed by atoms with Crippen molar-refractivity contribution in [2.75, 3.05) is 13.2 Å². The number of hydrogen-bond donors (Lipinski definition) is 1. The first-order chi connectivity index (χ1) is 8.69. The molecule has 18 heavy (non-hydrogen) atoms. The van der Waals surface area contributed by atoms with Gasteiger partial charge >= 0.3 is 0 Å². The minimum absolute atomic E-state index is 0.485. The maximum absolute atomic E-state index is 5.90. The largest absolute Gasteiger partial charge is 0.493 e. The standard InChI is InChI=1S/C15H22BrNO/c1-11(5-6-17)13-7-14(16)9-15(8-13)18-10-12-3-2-4-12/h7-9,11-12H,2-6,10,17H2,1H3. The highest BCUT2D eigenvalue weighted by Crippen LogP contribution is 2.30. The Labute approximate surface area is 118 Å². The molecule has 1 saturated carbocycles. The third-order valence-corrected chi connectivity index (χ3v) is 4.23. The van der Waals surface area contributed by atoms with Crippen LogP contribution in [0.5, 0.6) is 5.75 Å². The predicted molar refractivity (Wildman–Crippen MR) is 79.1 cm³/mol. The Morgan fingerprint density at radius 1 is 1.39 bits per heavy atom. The van der Waals surface area contributed by atoms with Crippen molar-refractivity contribution >= 4 is 15.9 Å². The van der Waals surface area contributed by atoms with Crippen molar-refractivity contribution in [1.82, 2.24) is 0 Å². The first-order valence-corrected chi connectivity index (χ1v) is 7.61. The topological polar surface area (TPSA) is 35.2 Å². The number of hydrogen-bond acceptors (Lipinski definition) is 2. The van der Waals surface area contributed by atoms with E-state index < -0.39 is 0 Å². The van der Waals surface area contributed by atoms with Gasteiger partial charge in [-0.05, 0) is 61.4 Å². The van der Waals surface area contributed by atoms with Gasteiger partial charge in [0, 0.05) is 4.47 Å². The Morgan fingerprint density at radius 3 is 2.78 bits per heavy atom. The second-order valence-corrected chi connectivity index (χ2v) is 6.22. The fourth-order valence-electron chi connectivity index (χ4n) is 2.24. The van der Waals surface area contributed by atoms with Gasteiger partial charge in [-0.3, -0.25) is 0 Å². The van der Waals surface area contributed by atoms with E-state index in [-0.39, 0.29) is 0 Å². The first kappa shape index (κ1) is 13.9. The Balaban J connectivity index is 2.00. The van der Waals surface area contributed by atoms with Crippen LogP contribution < -0.4 is 10.5 Å². The van der Waals surface area contributed by atoms with E-state index in [0.29, 0.717) is 5.92 Å². The number of rotatable bonds is 6. The summed E-state index contributed by atoms with van der Waals surface area (Å²) in [5.41, 5.74) is 6.93. The molecule has 2 N–H and O–H groups in total. The summed E-state index contributed by atoms with van der Waals surface area (Å²) in [6.45, 7) is 3.80. The lowest BCUT2D eigenvalue weighted by atomic mass is 9.86. The molecule has 0 saturated heterocycles. The van der Waals surface area contributed by atoms with Gasteiger partial charge in [0.05, 0.1) is 6.61 Å². The molecule has 2 rings (SSSR count). The van der Waals surface area contributed by atoms with Gasteiger partial charge in [-0.2, -0.15) is 0 Å². The van der Waals surface area contributed by atoms with E-state index in [1.54, 1.807) is 0 Å². The number of halogens is 1. The highest BCUT2D eigenvalue weighted by molar-refractivity contribution is 9.10. The fourth-order valence-corrected chi connectivity index (χ4v) is 2.73. The molecule has 0 bridgehead atoms. The monoisotopic (exact) mass is 311 g/mol. The lowest BCUT2D eigenvalue weighted by molar-refractivity contribution is 0.180. The second-order valence-electron chi connectivity index (χ2n) is 5.31. The van der Waals surface area contributed by atoms with Gasteiger partial charge in [-0.1, -0.05) is 29.3 Å². The number of nitrogens with two attached hydrogens (primary N) is 1. The van der Waals surface area contributed by atoms with Gasteiger partial charge in [0.25, 0.3) is 0 Å². The molecule has 3 heteroatoms. The summed E-state index contributed by atoms with van der Waals surface area (Å²) in [5.74, 6) is 2.24. The minimum Gasteiger partial charge on any atom is -0.493 e. The predicted octanol–water partition coefficient (Wildman–Crippen LogP) is 4.08. The van der Waals surface area contributed by atoms with Crippen molar-refractivity contribution in [3.8, 4) is 5.75 Å². The Bertz CT molecular complexity index is 390. The van der Waals surface area contributed by atoms with Crippen LogP contribution in [0.2, 0.25) is 0 Å². The number of ether oxygens (including phenoxy) is 1. The molecule has 1 aromatic rings. The zero-order valence-corrected chi connectivity index (χ0v) is 12.6. The Hall–Kier alpha value is -0.540. The molecule has 2 nitrogen and oxygen atoms in total. The molecule has 1 aromatic carbocycles. The van der Waals surface area contributed by atoms with Crippen molar-refractivity contribution < 1.29 is 4.74 Å². The molecular formula is C15H22BrNO. The average Bonchev–Trinajstić information content (AvgIpc) is 2.26. The van der Waals surface area contributed by atoms with E-state index in [0.717, 1.165) is 35.7 Å². The lowest BCUT2D eigenvalue weighted by Gasteiger charge is -2.25. The van der Waals surface area contributed by atoms with E-state index in [1.165, 1.54) is 24.8 Å². The van der Waals surface area contributed by atoms with Crippen LogP contribution in [-0.2, 0) is 0 Å². The molecule has 0 aromatic heterocycles.